The molecule has 0 aliphatic rings. The first-order chi connectivity index (χ1) is 23.8. The Morgan fingerprint density at radius 3 is 1.79 bits per heavy atom. The SMILES string of the molecule is c1ccc(-c2nc(-c3ccc4ccccc4c3)nc(-c3cc(-n4c5ccccc5c5ccccc54)cc4c3oc3ccccc34)n2)cc1. The number of nitrogens with zero attached hydrogens (tertiary/aromatic N) is 4. The van der Waals surface area contributed by atoms with Gasteiger partial charge in [-0.05, 0) is 47.2 Å². The van der Waals surface area contributed by atoms with Gasteiger partial charge in [0.15, 0.2) is 17.5 Å². The Bertz CT molecular complexity index is 2800. The van der Waals surface area contributed by atoms with Gasteiger partial charge >= 0.3 is 0 Å². The van der Waals surface area contributed by atoms with Crippen molar-refractivity contribution in [2.24, 2.45) is 0 Å². The predicted molar refractivity (Wildman–Crippen MR) is 195 cm³/mol. The van der Waals surface area contributed by atoms with E-state index in [1.807, 2.05) is 42.5 Å². The largest absolute Gasteiger partial charge is 0.455 e. The van der Waals surface area contributed by atoms with Gasteiger partial charge in [-0.2, -0.15) is 0 Å². The monoisotopic (exact) mass is 614 g/mol. The summed E-state index contributed by atoms with van der Waals surface area (Å²) >= 11 is 0. The minimum Gasteiger partial charge on any atom is -0.455 e. The van der Waals surface area contributed by atoms with Crippen molar-refractivity contribution in [1.82, 2.24) is 19.5 Å². The van der Waals surface area contributed by atoms with Gasteiger partial charge in [0, 0.05) is 38.4 Å². The van der Waals surface area contributed by atoms with Crippen LogP contribution in [-0.2, 0) is 0 Å². The van der Waals surface area contributed by atoms with Crippen molar-refractivity contribution in [3.8, 4) is 39.9 Å². The Morgan fingerprint density at radius 2 is 1.02 bits per heavy atom. The highest BCUT2D eigenvalue weighted by atomic mass is 16.3. The highest BCUT2D eigenvalue weighted by Gasteiger charge is 2.21. The number of aromatic nitrogens is 4. The molecule has 0 unspecified atom stereocenters. The summed E-state index contributed by atoms with van der Waals surface area (Å²) in [5.41, 5.74) is 7.49. The highest BCUT2D eigenvalue weighted by molar-refractivity contribution is 6.12. The van der Waals surface area contributed by atoms with E-state index in [4.69, 9.17) is 19.4 Å². The van der Waals surface area contributed by atoms with Gasteiger partial charge in [0.2, 0.25) is 0 Å². The maximum absolute atomic E-state index is 6.62. The van der Waals surface area contributed by atoms with Crippen LogP contribution in [0, 0.1) is 0 Å². The van der Waals surface area contributed by atoms with Gasteiger partial charge in [-0.3, -0.25) is 0 Å². The molecular weight excluding hydrogens is 589 g/mol. The third-order valence-corrected chi connectivity index (χ3v) is 9.22. The molecule has 3 heterocycles. The Labute approximate surface area is 275 Å². The van der Waals surface area contributed by atoms with Crippen LogP contribution in [-0.4, -0.2) is 19.5 Å². The maximum Gasteiger partial charge on any atom is 0.167 e. The van der Waals surface area contributed by atoms with Crippen LogP contribution in [0.15, 0.2) is 162 Å². The van der Waals surface area contributed by atoms with Gasteiger partial charge in [0.1, 0.15) is 11.2 Å². The van der Waals surface area contributed by atoms with E-state index in [2.05, 4.69) is 120 Å². The summed E-state index contributed by atoms with van der Waals surface area (Å²) < 4.78 is 8.96. The molecule has 0 spiro atoms. The van der Waals surface area contributed by atoms with Gasteiger partial charge in [0.25, 0.3) is 0 Å². The molecule has 10 rings (SSSR count). The molecule has 0 bridgehead atoms. The van der Waals surface area contributed by atoms with E-state index in [1.165, 1.54) is 16.2 Å². The molecule has 0 radical (unpaired) electrons. The molecular formula is C43H26N4O. The lowest BCUT2D eigenvalue weighted by Crippen LogP contribution is -2.01. The smallest absolute Gasteiger partial charge is 0.167 e. The summed E-state index contributed by atoms with van der Waals surface area (Å²) in [5, 5.41) is 6.76. The first kappa shape index (κ1) is 26.6. The molecule has 0 aliphatic carbocycles. The summed E-state index contributed by atoms with van der Waals surface area (Å²) in [6, 6.07) is 54.5. The van der Waals surface area contributed by atoms with Gasteiger partial charge < -0.3 is 8.98 Å². The third-order valence-electron chi connectivity index (χ3n) is 9.22. The molecule has 0 aliphatic heterocycles. The molecule has 0 amide bonds. The van der Waals surface area contributed by atoms with Crippen LogP contribution in [0.4, 0.5) is 0 Å². The minimum atomic E-state index is 0.554. The average molecular weight is 615 g/mol. The summed E-state index contributed by atoms with van der Waals surface area (Å²) in [6.45, 7) is 0. The van der Waals surface area contributed by atoms with Crippen molar-refractivity contribution in [2.75, 3.05) is 0 Å². The lowest BCUT2D eigenvalue weighted by molar-refractivity contribution is 0.669. The summed E-state index contributed by atoms with van der Waals surface area (Å²) in [7, 11) is 0. The lowest BCUT2D eigenvalue weighted by atomic mass is 10.1. The average Bonchev–Trinajstić information content (AvgIpc) is 3.70. The fourth-order valence-corrected chi connectivity index (χ4v) is 6.98. The number of para-hydroxylation sites is 3. The zero-order chi connectivity index (χ0) is 31.6. The van der Waals surface area contributed by atoms with Crippen LogP contribution >= 0.6 is 0 Å². The van der Waals surface area contributed by atoms with Crippen LogP contribution in [0.3, 0.4) is 0 Å². The molecule has 7 aromatic carbocycles. The predicted octanol–water partition coefficient (Wildman–Crippen LogP) is 11.0. The first-order valence-electron chi connectivity index (χ1n) is 16.0. The second kappa shape index (κ2) is 10.5. The number of hydrogen-bond donors (Lipinski definition) is 0. The zero-order valence-corrected chi connectivity index (χ0v) is 25.7. The molecule has 0 saturated carbocycles. The fourth-order valence-electron chi connectivity index (χ4n) is 6.98. The first-order valence-corrected chi connectivity index (χ1v) is 16.0. The number of benzene rings is 7. The summed E-state index contributed by atoms with van der Waals surface area (Å²) in [5.74, 6) is 1.77. The van der Waals surface area contributed by atoms with Gasteiger partial charge in [0.05, 0.1) is 16.6 Å². The Morgan fingerprint density at radius 1 is 0.417 bits per heavy atom. The normalized spacial score (nSPS) is 11.8. The summed E-state index contributed by atoms with van der Waals surface area (Å²) in [4.78, 5) is 15.3. The summed E-state index contributed by atoms with van der Waals surface area (Å²) in [6.07, 6.45) is 0. The van der Waals surface area contributed by atoms with Crippen molar-refractivity contribution in [2.45, 2.75) is 0 Å². The quantitative estimate of drug-likeness (QED) is 0.198. The van der Waals surface area contributed by atoms with E-state index in [0.717, 1.165) is 60.7 Å². The number of fused-ring (bicyclic) bond motifs is 7. The molecule has 48 heavy (non-hydrogen) atoms. The molecule has 224 valence electrons. The van der Waals surface area contributed by atoms with Crippen LogP contribution in [0.5, 0.6) is 0 Å². The molecule has 10 aromatic rings. The number of hydrogen-bond acceptors (Lipinski definition) is 4. The van der Waals surface area contributed by atoms with E-state index in [0.29, 0.717) is 17.5 Å². The van der Waals surface area contributed by atoms with E-state index in [1.54, 1.807) is 0 Å². The molecule has 3 aromatic heterocycles. The van der Waals surface area contributed by atoms with Gasteiger partial charge in [-0.25, -0.2) is 15.0 Å². The Balaban J connectivity index is 1.30. The van der Waals surface area contributed by atoms with Gasteiger partial charge in [-0.15, -0.1) is 0 Å². The van der Waals surface area contributed by atoms with Crippen molar-refractivity contribution < 1.29 is 4.42 Å². The van der Waals surface area contributed by atoms with Crippen LogP contribution in [0.25, 0.3) is 94.4 Å². The zero-order valence-electron chi connectivity index (χ0n) is 25.7. The fraction of sp³-hybridized carbons (Fsp3) is 0. The van der Waals surface area contributed by atoms with E-state index in [-0.39, 0.29) is 0 Å². The lowest BCUT2D eigenvalue weighted by Gasteiger charge is -2.13. The van der Waals surface area contributed by atoms with E-state index >= 15 is 0 Å². The second-order valence-electron chi connectivity index (χ2n) is 12.1. The van der Waals surface area contributed by atoms with E-state index in [9.17, 15) is 0 Å². The standard InChI is InChI=1S/C43H26N4O/c1-2-13-28(14-3-1)41-44-42(30-23-22-27-12-4-5-15-29(27)24-30)46-43(45-41)36-26-31(25-35-34-18-8-11-21-39(34)48-40(35)36)47-37-19-9-6-16-32(37)33-17-7-10-20-38(33)47/h1-26H. The van der Waals surface area contributed by atoms with Crippen LogP contribution in [0.1, 0.15) is 0 Å². The van der Waals surface area contributed by atoms with Crippen molar-refractivity contribution in [3.63, 3.8) is 0 Å². The topological polar surface area (TPSA) is 56.7 Å². The van der Waals surface area contributed by atoms with Crippen LogP contribution < -0.4 is 0 Å². The molecule has 0 fully saturated rings. The number of rotatable bonds is 4. The van der Waals surface area contributed by atoms with Crippen molar-refractivity contribution >= 4 is 54.5 Å². The van der Waals surface area contributed by atoms with Crippen LogP contribution in [0.2, 0.25) is 0 Å². The van der Waals surface area contributed by atoms with E-state index < -0.39 is 0 Å². The van der Waals surface area contributed by atoms with Crippen molar-refractivity contribution in [1.29, 1.82) is 0 Å². The highest BCUT2D eigenvalue weighted by Crippen LogP contribution is 2.40. The van der Waals surface area contributed by atoms with Gasteiger partial charge in [-0.1, -0.05) is 121 Å². The van der Waals surface area contributed by atoms with Crippen molar-refractivity contribution in [3.05, 3.63) is 158 Å². The number of furan rings is 1. The molecule has 5 heteroatoms. The minimum absolute atomic E-state index is 0.554. The molecule has 0 atom stereocenters. The molecule has 0 N–H and O–H groups in total. The third kappa shape index (κ3) is 4.15. The Hall–Kier alpha value is -6.59. The maximum atomic E-state index is 6.62. The Kier molecular flexibility index (Phi) is 5.81. The second-order valence-corrected chi connectivity index (χ2v) is 12.1. The molecule has 0 saturated heterocycles. The molecule has 5 nitrogen and oxygen atoms in total.